The maximum atomic E-state index is 6.64. The molecule has 2 bridgehead atoms. The van der Waals surface area contributed by atoms with Gasteiger partial charge in [0, 0.05) is 17.1 Å². The fourth-order valence-corrected chi connectivity index (χ4v) is 4.00. The van der Waals surface area contributed by atoms with Gasteiger partial charge in [-0.3, -0.25) is 0 Å². The smallest absolute Gasteiger partial charge is 0.0629 e. The van der Waals surface area contributed by atoms with Crippen LogP contribution in [0.25, 0.3) is 0 Å². The van der Waals surface area contributed by atoms with E-state index in [1.807, 2.05) is 18.2 Å². The number of benzene rings is 1. The minimum atomic E-state index is 0.0638. The van der Waals surface area contributed by atoms with Gasteiger partial charge >= 0.3 is 0 Å². The second-order valence-corrected chi connectivity index (χ2v) is 6.17. The van der Waals surface area contributed by atoms with Gasteiger partial charge in [-0.15, -0.1) is 11.6 Å². The second-order valence-electron chi connectivity index (χ2n) is 5.29. The van der Waals surface area contributed by atoms with Gasteiger partial charge in [-0.05, 0) is 43.2 Å². The predicted molar refractivity (Wildman–Crippen MR) is 72.7 cm³/mol. The zero-order valence-corrected chi connectivity index (χ0v) is 11.2. The van der Waals surface area contributed by atoms with Crippen molar-refractivity contribution in [1.82, 2.24) is 5.32 Å². The molecule has 1 aromatic rings. The quantitative estimate of drug-likeness (QED) is 0.796. The molecule has 2 fully saturated rings. The Morgan fingerprint density at radius 1 is 1.12 bits per heavy atom. The monoisotopic (exact) mass is 269 g/mol. The molecule has 2 heterocycles. The molecule has 92 valence electrons. The summed E-state index contributed by atoms with van der Waals surface area (Å²) in [5, 5.41) is 4.52. The minimum Gasteiger partial charge on any atom is -0.311 e. The number of rotatable bonds is 2. The van der Waals surface area contributed by atoms with Crippen molar-refractivity contribution >= 4 is 23.2 Å². The molecule has 3 rings (SSSR count). The first-order chi connectivity index (χ1) is 8.24. The van der Waals surface area contributed by atoms with E-state index in [4.69, 9.17) is 23.2 Å². The lowest BCUT2D eigenvalue weighted by atomic mass is 9.86. The second kappa shape index (κ2) is 4.79. The normalized spacial score (nSPS) is 33.6. The minimum absolute atomic E-state index is 0.0638. The number of fused-ring (bicyclic) bond motifs is 2. The van der Waals surface area contributed by atoms with E-state index in [1.54, 1.807) is 0 Å². The molecule has 2 saturated heterocycles. The van der Waals surface area contributed by atoms with Gasteiger partial charge in [-0.25, -0.2) is 0 Å². The molecule has 3 heteroatoms. The van der Waals surface area contributed by atoms with E-state index >= 15 is 0 Å². The summed E-state index contributed by atoms with van der Waals surface area (Å²) in [6.45, 7) is 0. The molecule has 1 nitrogen and oxygen atoms in total. The van der Waals surface area contributed by atoms with Crippen LogP contribution in [0.1, 0.15) is 36.6 Å². The van der Waals surface area contributed by atoms with Crippen LogP contribution in [0.4, 0.5) is 0 Å². The molecule has 1 N–H and O–H groups in total. The largest absolute Gasteiger partial charge is 0.311 e. The van der Waals surface area contributed by atoms with E-state index in [2.05, 4.69) is 11.4 Å². The summed E-state index contributed by atoms with van der Waals surface area (Å²) in [7, 11) is 0. The van der Waals surface area contributed by atoms with Crippen molar-refractivity contribution in [3.8, 4) is 0 Å². The molecule has 2 aliphatic rings. The highest BCUT2D eigenvalue weighted by Gasteiger charge is 2.37. The molecule has 0 aromatic heterocycles. The Morgan fingerprint density at radius 3 is 2.41 bits per heavy atom. The van der Waals surface area contributed by atoms with Crippen LogP contribution in [0.15, 0.2) is 24.3 Å². The van der Waals surface area contributed by atoms with Gasteiger partial charge in [0.1, 0.15) is 0 Å². The zero-order chi connectivity index (χ0) is 11.8. The molecule has 3 unspecified atom stereocenters. The van der Waals surface area contributed by atoms with Crippen LogP contribution in [0.2, 0.25) is 5.02 Å². The molecule has 0 aliphatic carbocycles. The molecule has 0 amide bonds. The van der Waals surface area contributed by atoms with E-state index in [-0.39, 0.29) is 5.38 Å². The third kappa shape index (κ3) is 2.33. The molecular weight excluding hydrogens is 253 g/mol. The molecule has 0 saturated carbocycles. The summed E-state index contributed by atoms with van der Waals surface area (Å²) < 4.78 is 0. The Morgan fingerprint density at radius 2 is 1.76 bits per heavy atom. The fraction of sp³-hybridized carbons (Fsp3) is 0.571. The SMILES string of the molecule is Clc1ccccc1C(Cl)C1CC2CCC(C1)N2. The molecule has 0 radical (unpaired) electrons. The van der Waals surface area contributed by atoms with E-state index in [1.165, 1.54) is 25.7 Å². The highest BCUT2D eigenvalue weighted by Crippen LogP contribution is 2.43. The van der Waals surface area contributed by atoms with E-state index < -0.39 is 0 Å². The van der Waals surface area contributed by atoms with E-state index in [9.17, 15) is 0 Å². The lowest BCUT2D eigenvalue weighted by molar-refractivity contribution is 0.292. The summed E-state index contributed by atoms with van der Waals surface area (Å²) in [5.41, 5.74) is 1.10. The summed E-state index contributed by atoms with van der Waals surface area (Å²) in [6, 6.07) is 9.34. The van der Waals surface area contributed by atoms with Crippen molar-refractivity contribution in [1.29, 1.82) is 0 Å². The van der Waals surface area contributed by atoms with Crippen LogP contribution in [-0.4, -0.2) is 12.1 Å². The topological polar surface area (TPSA) is 12.0 Å². The average Bonchev–Trinajstić information content (AvgIpc) is 2.68. The van der Waals surface area contributed by atoms with Crippen LogP contribution >= 0.6 is 23.2 Å². The third-order valence-electron chi connectivity index (χ3n) is 4.13. The lowest BCUT2D eigenvalue weighted by Crippen LogP contribution is -2.39. The summed E-state index contributed by atoms with van der Waals surface area (Å²) >= 11 is 12.9. The molecular formula is C14H17Cl2N. The van der Waals surface area contributed by atoms with Gasteiger partial charge < -0.3 is 5.32 Å². The first-order valence-corrected chi connectivity index (χ1v) is 7.20. The van der Waals surface area contributed by atoms with Crippen molar-refractivity contribution in [3.63, 3.8) is 0 Å². The first kappa shape index (κ1) is 11.8. The van der Waals surface area contributed by atoms with E-state index in [0.717, 1.165) is 10.6 Å². The van der Waals surface area contributed by atoms with Crippen molar-refractivity contribution in [2.24, 2.45) is 5.92 Å². The van der Waals surface area contributed by atoms with Crippen LogP contribution < -0.4 is 5.32 Å². The maximum absolute atomic E-state index is 6.64. The van der Waals surface area contributed by atoms with E-state index in [0.29, 0.717) is 18.0 Å². The van der Waals surface area contributed by atoms with Crippen LogP contribution in [-0.2, 0) is 0 Å². The van der Waals surface area contributed by atoms with Crippen molar-refractivity contribution < 1.29 is 0 Å². The zero-order valence-electron chi connectivity index (χ0n) is 9.70. The molecule has 0 spiro atoms. The highest BCUT2D eigenvalue weighted by molar-refractivity contribution is 6.32. The van der Waals surface area contributed by atoms with Gasteiger partial charge in [0.15, 0.2) is 0 Å². The molecule has 1 aromatic carbocycles. The molecule has 3 atom stereocenters. The standard InChI is InChI=1S/C14H17Cl2N/c15-13-4-2-1-3-12(13)14(16)9-7-10-5-6-11(8-9)17-10/h1-4,9-11,14,17H,5-8H2. The van der Waals surface area contributed by atoms with Gasteiger partial charge in [0.2, 0.25) is 0 Å². The Kier molecular flexibility index (Phi) is 3.34. The summed E-state index contributed by atoms with van der Waals surface area (Å²) in [5.74, 6) is 0.565. The summed E-state index contributed by atoms with van der Waals surface area (Å²) in [6.07, 6.45) is 5.01. The highest BCUT2D eigenvalue weighted by atomic mass is 35.5. The molecule has 17 heavy (non-hydrogen) atoms. The summed E-state index contributed by atoms with van der Waals surface area (Å²) in [4.78, 5) is 0. The van der Waals surface area contributed by atoms with Gasteiger partial charge in [0.25, 0.3) is 0 Å². The predicted octanol–water partition coefficient (Wildman–Crippen LogP) is 4.15. The van der Waals surface area contributed by atoms with Crippen molar-refractivity contribution in [2.75, 3.05) is 0 Å². The molecule has 2 aliphatic heterocycles. The fourth-order valence-electron chi connectivity index (χ4n) is 3.29. The number of alkyl halides is 1. The first-order valence-electron chi connectivity index (χ1n) is 6.38. The Hall–Kier alpha value is -0.240. The number of hydrogen-bond donors (Lipinski definition) is 1. The van der Waals surface area contributed by atoms with Crippen LogP contribution in [0, 0.1) is 5.92 Å². The van der Waals surface area contributed by atoms with Crippen LogP contribution in [0.5, 0.6) is 0 Å². The Balaban J connectivity index is 1.78. The van der Waals surface area contributed by atoms with Gasteiger partial charge in [-0.2, -0.15) is 0 Å². The third-order valence-corrected chi connectivity index (χ3v) is 5.06. The van der Waals surface area contributed by atoms with Crippen molar-refractivity contribution in [2.45, 2.75) is 43.1 Å². The number of hydrogen-bond acceptors (Lipinski definition) is 1. The maximum Gasteiger partial charge on any atom is 0.0629 e. The van der Waals surface area contributed by atoms with Gasteiger partial charge in [0.05, 0.1) is 5.38 Å². The number of nitrogens with one attached hydrogen (secondary N) is 1. The Labute approximate surface area is 112 Å². The van der Waals surface area contributed by atoms with Crippen LogP contribution in [0.3, 0.4) is 0 Å². The number of piperidine rings is 1. The van der Waals surface area contributed by atoms with Gasteiger partial charge in [-0.1, -0.05) is 29.8 Å². The van der Waals surface area contributed by atoms with Crippen molar-refractivity contribution in [3.05, 3.63) is 34.9 Å². The Bertz CT molecular complexity index is 395. The average molecular weight is 270 g/mol. The lowest BCUT2D eigenvalue weighted by Gasteiger charge is -2.32. The number of halogens is 2.